The second-order valence-corrected chi connectivity index (χ2v) is 5.21. The predicted molar refractivity (Wildman–Crippen MR) is 71.3 cm³/mol. The summed E-state index contributed by atoms with van der Waals surface area (Å²) >= 11 is 0. The third kappa shape index (κ3) is 2.32. The van der Waals surface area contributed by atoms with E-state index in [4.69, 9.17) is 4.74 Å². The van der Waals surface area contributed by atoms with Crippen molar-refractivity contribution in [3.8, 4) is 0 Å². The normalized spacial score (nSPS) is 33.5. The van der Waals surface area contributed by atoms with E-state index in [1.807, 2.05) is 13.8 Å². The number of H-pyrrole nitrogens is 1. The van der Waals surface area contributed by atoms with Gasteiger partial charge in [-0.15, -0.1) is 0 Å². The molecule has 0 bridgehead atoms. The van der Waals surface area contributed by atoms with E-state index in [-0.39, 0.29) is 25.0 Å². The van der Waals surface area contributed by atoms with Crippen molar-refractivity contribution in [2.24, 2.45) is 5.92 Å². The summed E-state index contributed by atoms with van der Waals surface area (Å²) in [5, 5.41) is 20.0. The van der Waals surface area contributed by atoms with Crippen molar-refractivity contribution in [3.05, 3.63) is 33.1 Å². The molecule has 0 saturated carbocycles. The van der Waals surface area contributed by atoms with Gasteiger partial charge in [-0.2, -0.15) is 0 Å². The molecule has 3 N–H and O–H groups in total. The Bertz CT molecular complexity index is 581. The van der Waals surface area contributed by atoms with Crippen LogP contribution in [0.4, 0.5) is 0 Å². The fourth-order valence-electron chi connectivity index (χ4n) is 2.85. The predicted octanol–water partition coefficient (Wildman–Crippen LogP) is -0.406. The fraction of sp³-hybridized carbons (Fsp3) is 0.692. The third-order valence-corrected chi connectivity index (χ3v) is 4.10. The van der Waals surface area contributed by atoms with Gasteiger partial charge < -0.3 is 14.9 Å². The maximum absolute atomic E-state index is 11.9. The lowest BCUT2D eigenvalue weighted by molar-refractivity contribution is -0.107. The van der Waals surface area contributed by atoms with Crippen molar-refractivity contribution in [2.45, 2.75) is 44.6 Å². The number of rotatable bonds is 4. The first-order chi connectivity index (χ1) is 9.43. The third-order valence-electron chi connectivity index (χ3n) is 4.10. The fourth-order valence-corrected chi connectivity index (χ4v) is 2.85. The summed E-state index contributed by atoms with van der Waals surface area (Å²) < 4.78 is 6.95. The van der Waals surface area contributed by atoms with E-state index in [1.165, 1.54) is 16.8 Å². The van der Waals surface area contributed by atoms with E-state index in [9.17, 15) is 19.8 Å². The van der Waals surface area contributed by atoms with Gasteiger partial charge in [0.25, 0.3) is 5.56 Å². The maximum Gasteiger partial charge on any atom is 0.330 e. The van der Waals surface area contributed by atoms with Gasteiger partial charge in [-0.05, 0) is 6.42 Å². The van der Waals surface area contributed by atoms with E-state index in [1.54, 1.807) is 0 Å². The van der Waals surface area contributed by atoms with Crippen molar-refractivity contribution in [1.29, 1.82) is 0 Å². The first kappa shape index (κ1) is 15.0. The van der Waals surface area contributed by atoms with E-state index < -0.39 is 23.1 Å². The summed E-state index contributed by atoms with van der Waals surface area (Å²) in [4.78, 5) is 25.1. The van der Waals surface area contributed by atoms with Crippen LogP contribution in [-0.4, -0.2) is 38.1 Å². The summed E-state index contributed by atoms with van der Waals surface area (Å²) in [6.45, 7) is 3.55. The van der Waals surface area contributed by atoms with Crippen LogP contribution in [0.3, 0.4) is 0 Å². The molecule has 2 rings (SSSR count). The van der Waals surface area contributed by atoms with Gasteiger partial charge in [0, 0.05) is 31.2 Å². The van der Waals surface area contributed by atoms with Gasteiger partial charge in [-0.3, -0.25) is 14.3 Å². The Morgan fingerprint density at radius 3 is 2.75 bits per heavy atom. The molecule has 1 saturated heterocycles. The summed E-state index contributed by atoms with van der Waals surface area (Å²) in [5.41, 5.74) is -2.49. The van der Waals surface area contributed by atoms with E-state index in [2.05, 4.69) is 4.98 Å². The van der Waals surface area contributed by atoms with Gasteiger partial charge >= 0.3 is 5.69 Å². The van der Waals surface area contributed by atoms with Gasteiger partial charge in [0.15, 0.2) is 6.23 Å². The number of hydrogen-bond acceptors (Lipinski definition) is 5. The van der Waals surface area contributed by atoms with Crippen LogP contribution in [0.2, 0.25) is 0 Å². The Labute approximate surface area is 115 Å². The lowest BCUT2D eigenvalue weighted by atomic mass is 9.83. The highest BCUT2D eigenvalue weighted by molar-refractivity contribution is 5.00. The van der Waals surface area contributed by atoms with Crippen LogP contribution in [-0.2, 0) is 4.74 Å². The van der Waals surface area contributed by atoms with Gasteiger partial charge in [-0.1, -0.05) is 13.8 Å². The molecule has 0 aliphatic carbocycles. The standard InChI is InChI=1S/C13H20N2O5/c1-3-9-8(2)13(19,5-7-16)11(20-9)15-6-4-10(17)14-12(15)18/h4,6,8-9,11,16,19H,3,5,7H2,1-2H3,(H,14,17,18)/t8-,9-,11-,13-/m1/s1. The summed E-state index contributed by atoms with van der Waals surface area (Å²) in [6.07, 6.45) is 0.956. The van der Waals surface area contributed by atoms with Crippen LogP contribution in [0.25, 0.3) is 0 Å². The second-order valence-electron chi connectivity index (χ2n) is 5.21. The molecule has 7 nitrogen and oxygen atoms in total. The molecule has 0 amide bonds. The first-order valence-electron chi connectivity index (χ1n) is 6.74. The molecule has 2 heterocycles. The average Bonchev–Trinajstić information content (AvgIpc) is 2.63. The van der Waals surface area contributed by atoms with Crippen LogP contribution in [0.1, 0.15) is 32.9 Å². The molecule has 0 spiro atoms. The molecule has 0 unspecified atom stereocenters. The van der Waals surface area contributed by atoms with Crippen LogP contribution < -0.4 is 11.2 Å². The van der Waals surface area contributed by atoms with Gasteiger partial charge in [0.1, 0.15) is 5.60 Å². The van der Waals surface area contributed by atoms with Crippen LogP contribution in [0, 0.1) is 5.92 Å². The Kier molecular flexibility index (Phi) is 4.12. The quantitative estimate of drug-likeness (QED) is 0.697. The SMILES string of the molecule is CC[C@H]1O[C@@H](n2ccc(=O)[nH]c2=O)[C@@](O)(CCO)[C@@H]1C. The topological polar surface area (TPSA) is 105 Å². The number of aromatic nitrogens is 2. The first-order valence-corrected chi connectivity index (χ1v) is 6.74. The van der Waals surface area contributed by atoms with Crippen molar-refractivity contribution in [2.75, 3.05) is 6.61 Å². The molecule has 1 aromatic heterocycles. The molecule has 20 heavy (non-hydrogen) atoms. The van der Waals surface area contributed by atoms with E-state index >= 15 is 0 Å². The molecule has 112 valence electrons. The number of nitrogens with zero attached hydrogens (tertiary/aromatic N) is 1. The maximum atomic E-state index is 11.9. The van der Waals surface area contributed by atoms with Crippen molar-refractivity contribution >= 4 is 0 Å². The van der Waals surface area contributed by atoms with Crippen molar-refractivity contribution in [1.82, 2.24) is 9.55 Å². The molecular formula is C13H20N2O5. The Morgan fingerprint density at radius 2 is 2.20 bits per heavy atom. The van der Waals surface area contributed by atoms with Crippen molar-refractivity contribution in [3.63, 3.8) is 0 Å². The minimum absolute atomic E-state index is 0.0981. The number of ether oxygens (including phenoxy) is 1. The highest BCUT2D eigenvalue weighted by Crippen LogP contribution is 2.44. The molecular weight excluding hydrogens is 264 g/mol. The Balaban J connectivity index is 2.47. The number of hydrogen-bond donors (Lipinski definition) is 3. The van der Waals surface area contributed by atoms with Gasteiger partial charge in [-0.25, -0.2) is 4.79 Å². The summed E-state index contributed by atoms with van der Waals surface area (Å²) in [5.74, 6) is -0.233. The van der Waals surface area contributed by atoms with E-state index in [0.29, 0.717) is 6.42 Å². The average molecular weight is 284 g/mol. The molecule has 4 atom stereocenters. The lowest BCUT2D eigenvalue weighted by Gasteiger charge is -2.32. The minimum Gasteiger partial charge on any atom is -0.396 e. The van der Waals surface area contributed by atoms with Crippen LogP contribution in [0.5, 0.6) is 0 Å². The van der Waals surface area contributed by atoms with Gasteiger partial charge in [0.2, 0.25) is 0 Å². The smallest absolute Gasteiger partial charge is 0.330 e. The second kappa shape index (κ2) is 5.51. The molecule has 1 fully saturated rings. The number of aliphatic hydroxyl groups excluding tert-OH is 1. The number of aliphatic hydroxyl groups is 2. The lowest BCUT2D eigenvalue weighted by Crippen LogP contribution is -2.45. The molecule has 1 aliphatic rings. The number of aromatic amines is 1. The highest BCUT2D eigenvalue weighted by Gasteiger charge is 2.53. The zero-order chi connectivity index (χ0) is 14.9. The molecule has 1 aliphatic heterocycles. The number of nitrogens with one attached hydrogen (secondary N) is 1. The zero-order valence-corrected chi connectivity index (χ0v) is 11.6. The Hall–Kier alpha value is -1.44. The van der Waals surface area contributed by atoms with Crippen molar-refractivity contribution < 1.29 is 14.9 Å². The molecule has 1 aromatic rings. The minimum atomic E-state index is -1.35. The highest BCUT2D eigenvalue weighted by atomic mass is 16.5. The molecule has 0 radical (unpaired) electrons. The van der Waals surface area contributed by atoms with Crippen LogP contribution in [0.15, 0.2) is 21.9 Å². The van der Waals surface area contributed by atoms with Gasteiger partial charge in [0.05, 0.1) is 6.10 Å². The largest absolute Gasteiger partial charge is 0.396 e. The summed E-state index contributed by atoms with van der Waals surface area (Å²) in [6, 6.07) is 1.20. The molecule has 0 aromatic carbocycles. The zero-order valence-electron chi connectivity index (χ0n) is 11.6. The van der Waals surface area contributed by atoms with E-state index in [0.717, 1.165) is 0 Å². The monoisotopic (exact) mass is 284 g/mol. The van der Waals surface area contributed by atoms with Crippen LogP contribution >= 0.6 is 0 Å². The Morgan fingerprint density at radius 1 is 1.50 bits per heavy atom. The summed E-state index contributed by atoms with van der Waals surface area (Å²) in [7, 11) is 0. The molecule has 7 heteroatoms.